The smallest absolute Gasteiger partial charge is 0.185 e. The minimum atomic E-state index is -0.0109. The molecule has 0 aliphatic heterocycles. The highest BCUT2D eigenvalue weighted by Gasteiger charge is 2.03. The molecule has 0 spiro atoms. The zero-order valence-corrected chi connectivity index (χ0v) is 24.2. The summed E-state index contributed by atoms with van der Waals surface area (Å²) in [6, 6.07) is 15.2. The van der Waals surface area contributed by atoms with Gasteiger partial charge in [-0.05, 0) is 61.4 Å². The molecule has 38 heavy (non-hydrogen) atoms. The number of unbranched alkanes of at least 4 members (excludes halogenated alkanes) is 15. The van der Waals surface area contributed by atoms with Crippen molar-refractivity contribution < 1.29 is 14.3 Å². The Morgan fingerprint density at radius 1 is 0.579 bits per heavy atom. The molecular weight excluding hydrogens is 468 g/mol. The maximum atomic E-state index is 12.5. The lowest BCUT2D eigenvalue weighted by Gasteiger charge is -2.07. The first kappa shape index (κ1) is 31.7. The molecule has 210 valence electrons. The zero-order chi connectivity index (χ0) is 27.1. The molecule has 0 fully saturated rings. The summed E-state index contributed by atoms with van der Waals surface area (Å²) < 4.78 is 11.3. The molecule has 0 N–H and O–H groups in total. The van der Waals surface area contributed by atoms with Gasteiger partial charge in [0, 0.05) is 5.56 Å². The fraction of sp³-hybridized carbons (Fsp3) is 0.571. The average Bonchev–Trinajstić information content (AvgIpc) is 2.94. The van der Waals surface area contributed by atoms with Gasteiger partial charge in [0.1, 0.15) is 11.5 Å². The van der Waals surface area contributed by atoms with Gasteiger partial charge in [0.05, 0.1) is 13.2 Å². The van der Waals surface area contributed by atoms with E-state index in [1.807, 2.05) is 61.5 Å². The van der Waals surface area contributed by atoms with Gasteiger partial charge in [-0.1, -0.05) is 121 Å². The van der Waals surface area contributed by atoms with E-state index in [0.717, 1.165) is 30.1 Å². The molecule has 0 unspecified atom stereocenters. The van der Waals surface area contributed by atoms with Crippen LogP contribution in [-0.2, 0) is 0 Å². The molecule has 0 saturated carbocycles. The summed E-state index contributed by atoms with van der Waals surface area (Å²) in [5.74, 6) is 1.66. The van der Waals surface area contributed by atoms with Gasteiger partial charge in [0.2, 0.25) is 0 Å². The molecule has 0 aliphatic rings. The number of rotatable bonds is 23. The van der Waals surface area contributed by atoms with Crippen molar-refractivity contribution in [2.75, 3.05) is 13.2 Å². The lowest BCUT2D eigenvalue weighted by molar-refractivity contribution is 0.104. The van der Waals surface area contributed by atoms with Gasteiger partial charge >= 0.3 is 0 Å². The zero-order valence-electron chi connectivity index (χ0n) is 24.2. The number of allylic oxidation sites excluding steroid dienone is 1. The summed E-state index contributed by atoms with van der Waals surface area (Å²) >= 11 is 0. The van der Waals surface area contributed by atoms with Crippen LogP contribution in [-0.4, -0.2) is 19.0 Å². The van der Waals surface area contributed by atoms with Crippen LogP contribution in [0.25, 0.3) is 6.08 Å². The summed E-state index contributed by atoms with van der Waals surface area (Å²) in [4.78, 5) is 12.5. The van der Waals surface area contributed by atoms with E-state index in [1.165, 1.54) is 96.3 Å². The maximum Gasteiger partial charge on any atom is 0.185 e. The Morgan fingerprint density at radius 3 is 1.53 bits per heavy atom. The average molecular weight is 521 g/mol. The molecule has 0 aromatic heterocycles. The lowest BCUT2D eigenvalue weighted by Crippen LogP contribution is -1.99. The molecule has 2 aromatic rings. The summed E-state index contributed by atoms with van der Waals surface area (Å²) in [5.41, 5.74) is 1.64. The summed E-state index contributed by atoms with van der Waals surface area (Å²) in [5, 5.41) is 0. The van der Waals surface area contributed by atoms with Crippen molar-refractivity contribution in [1.29, 1.82) is 0 Å². The third-order valence-electron chi connectivity index (χ3n) is 7.02. The molecule has 2 aromatic carbocycles. The van der Waals surface area contributed by atoms with Crippen molar-refractivity contribution in [3.05, 3.63) is 65.7 Å². The largest absolute Gasteiger partial charge is 0.494 e. The van der Waals surface area contributed by atoms with Crippen molar-refractivity contribution in [3.8, 4) is 11.5 Å². The van der Waals surface area contributed by atoms with Gasteiger partial charge in [-0.3, -0.25) is 4.79 Å². The van der Waals surface area contributed by atoms with Gasteiger partial charge in [-0.2, -0.15) is 0 Å². The molecular formula is C35H52O3. The number of ether oxygens (including phenoxy) is 2. The molecule has 0 atom stereocenters. The van der Waals surface area contributed by atoms with Crippen LogP contribution in [0, 0.1) is 0 Å². The second-order valence-electron chi connectivity index (χ2n) is 10.4. The normalized spacial score (nSPS) is 11.2. The molecule has 0 amide bonds. The predicted molar refractivity (Wildman–Crippen MR) is 162 cm³/mol. The molecule has 0 bridgehead atoms. The van der Waals surface area contributed by atoms with E-state index in [4.69, 9.17) is 9.47 Å². The third kappa shape index (κ3) is 15.0. The van der Waals surface area contributed by atoms with E-state index in [0.29, 0.717) is 12.2 Å². The van der Waals surface area contributed by atoms with Crippen LogP contribution in [0.2, 0.25) is 0 Å². The van der Waals surface area contributed by atoms with E-state index in [1.54, 1.807) is 6.08 Å². The highest BCUT2D eigenvalue weighted by molar-refractivity contribution is 6.06. The standard InChI is InChI=1S/C35H52O3/c1-3-5-6-7-8-9-10-11-12-13-14-15-16-17-18-19-30-38-34-27-23-32(24-28-34)35(36)29-22-31-20-25-33(26-21-31)37-4-2/h20-29H,3-19,30H2,1-2H3. The van der Waals surface area contributed by atoms with Crippen molar-refractivity contribution in [2.45, 2.75) is 117 Å². The van der Waals surface area contributed by atoms with Crippen LogP contribution in [0.3, 0.4) is 0 Å². The Kier molecular flexibility index (Phi) is 17.8. The Morgan fingerprint density at radius 2 is 1.03 bits per heavy atom. The number of benzene rings is 2. The fourth-order valence-electron chi connectivity index (χ4n) is 4.67. The van der Waals surface area contributed by atoms with Crippen molar-refractivity contribution in [1.82, 2.24) is 0 Å². The number of carbonyl (C=O) groups excluding carboxylic acids is 1. The van der Waals surface area contributed by atoms with Gasteiger partial charge in [0.25, 0.3) is 0 Å². The van der Waals surface area contributed by atoms with Crippen molar-refractivity contribution in [2.24, 2.45) is 0 Å². The van der Waals surface area contributed by atoms with Crippen LogP contribution in [0.1, 0.15) is 133 Å². The molecule has 0 aliphatic carbocycles. The van der Waals surface area contributed by atoms with Gasteiger partial charge in [-0.25, -0.2) is 0 Å². The van der Waals surface area contributed by atoms with Gasteiger partial charge < -0.3 is 9.47 Å². The van der Waals surface area contributed by atoms with Crippen LogP contribution < -0.4 is 9.47 Å². The number of hydrogen-bond donors (Lipinski definition) is 0. The highest BCUT2D eigenvalue weighted by Crippen LogP contribution is 2.17. The second-order valence-corrected chi connectivity index (χ2v) is 10.4. The lowest BCUT2D eigenvalue weighted by atomic mass is 10.0. The molecule has 0 radical (unpaired) electrons. The minimum Gasteiger partial charge on any atom is -0.494 e. The molecule has 3 heteroatoms. The topological polar surface area (TPSA) is 35.5 Å². The summed E-state index contributed by atoms with van der Waals surface area (Å²) in [6.45, 7) is 5.63. The molecule has 2 rings (SSSR count). The van der Waals surface area contributed by atoms with E-state index in [9.17, 15) is 4.79 Å². The SMILES string of the molecule is CCCCCCCCCCCCCCCCCCOc1ccc(C(=O)C=Cc2ccc(OCC)cc2)cc1. The van der Waals surface area contributed by atoms with Crippen LogP contribution >= 0.6 is 0 Å². The van der Waals surface area contributed by atoms with E-state index >= 15 is 0 Å². The molecule has 0 saturated heterocycles. The first-order valence-electron chi connectivity index (χ1n) is 15.4. The first-order valence-corrected chi connectivity index (χ1v) is 15.4. The summed E-state index contributed by atoms with van der Waals surface area (Å²) in [6.07, 6.45) is 25.4. The van der Waals surface area contributed by atoms with Crippen LogP contribution in [0.15, 0.2) is 54.6 Å². The van der Waals surface area contributed by atoms with E-state index in [2.05, 4.69) is 6.92 Å². The Bertz CT molecular complexity index is 867. The Labute approximate surface area is 233 Å². The van der Waals surface area contributed by atoms with Crippen LogP contribution in [0.4, 0.5) is 0 Å². The maximum absolute atomic E-state index is 12.5. The van der Waals surface area contributed by atoms with Gasteiger partial charge in [-0.15, -0.1) is 0 Å². The summed E-state index contributed by atoms with van der Waals surface area (Å²) in [7, 11) is 0. The quantitative estimate of drug-likeness (QED) is 0.0830. The predicted octanol–water partition coefficient (Wildman–Crippen LogP) is 10.6. The Balaban J connectivity index is 1.45. The number of ketones is 1. The third-order valence-corrected chi connectivity index (χ3v) is 7.02. The van der Waals surface area contributed by atoms with E-state index in [-0.39, 0.29) is 5.78 Å². The Hall–Kier alpha value is -2.55. The molecule has 3 nitrogen and oxygen atoms in total. The first-order chi connectivity index (χ1) is 18.7. The monoisotopic (exact) mass is 520 g/mol. The molecule has 0 heterocycles. The number of carbonyl (C=O) groups is 1. The fourth-order valence-corrected chi connectivity index (χ4v) is 4.67. The second kappa shape index (κ2) is 21.4. The van der Waals surface area contributed by atoms with E-state index < -0.39 is 0 Å². The van der Waals surface area contributed by atoms with Crippen LogP contribution in [0.5, 0.6) is 11.5 Å². The highest BCUT2D eigenvalue weighted by atomic mass is 16.5. The van der Waals surface area contributed by atoms with Crippen molar-refractivity contribution >= 4 is 11.9 Å². The van der Waals surface area contributed by atoms with Gasteiger partial charge in [0.15, 0.2) is 5.78 Å². The number of hydrogen-bond acceptors (Lipinski definition) is 3. The minimum absolute atomic E-state index is 0.0109. The van der Waals surface area contributed by atoms with Crippen molar-refractivity contribution in [3.63, 3.8) is 0 Å².